The van der Waals surface area contributed by atoms with Crippen molar-refractivity contribution in [3.05, 3.63) is 42.7 Å². The average Bonchev–Trinajstić information content (AvgIpc) is 2.89. The smallest absolute Gasteiger partial charge is 0.243 e. The van der Waals surface area contributed by atoms with Gasteiger partial charge in [-0.05, 0) is 43.2 Å². The van der Waals surface area contributed by atoms with Gasteiger partial charge in [0, 0.05) is 31.5 Å². The molecule has 134 valence electrons. The van der Waals surface area contributed by atoms with Gasteiger partial charge in [0.1, 0.15) is 5.75 Å². The number of rotatable bonds is 5. The predicted octanol–water partition coefficient (Wildman–Crippen LogP) is 2.14. The Kier molecular flexibility index (Phi) is 5.50. The Morgan fingerprint density at radius 2 is 1.88 bits per heavy atom. The van der Waals surface area contributed by atoms with Crippen LogP contribution in [0.4, 0.5) is 5.95 Å². The molecule has 0 spiro atoms. The minimum absolute atomic E-state index is 0.0158. The first-order chi connectivity index (χ1) is 12.1. The SMILES string of the molecule is COc1ccc(S(=O)(=O)N2CCCC[C@@H](Nc3ncccn3)C2)cc1. The molecule has 1 N–H and O–H groups in total. The van der Waals surface area contributed by atoms with Gasteiger partial charge < -0.3 is 10.1 Å². The Morgan fingerprint density at radius 1 is 1.16 bits per heavy atom. The van der Waals surface area contributed by atoms with Gasteiger partial charge in [0.2, 0.25) is 16.0 Å². The highest BCUT2D eigenvalue weighted by molar-refractivity contribution is 7.89. The monoisotopic (exact) mass is 362 g/mol. The minimum Gasteiger partial charge on any atom is -0.497 e. The Bertz CT molecular complexity index is 781. The first-order valence-corrected chi connectivity index (χ1v) is 9.71. The van der Waals surface area contributed by atoms with Crippen LogP contribution in [0.3, 0.4) is 0 Å². The number of benzene rings is 1. The van der Waals surface area contributed by atoms with Gasteiger partial charge in [-0.25, -0.2) is 18.4 Å². The molecule has 1 saturated heterocycles. The largest absolute Gasteiger partial charge is 0.497 e. The number of anilines is 1. The second kappa shape index (κ2) is 7.79. The molecular formula is C17H22N4O3S. The van der Waals surface area contributed by atoms with Crippen LogP contribution in [0.1, 0.15) is 19.3 Å². The fourth-order valence-corrected chi connectivity index (χ4v) is 4.42. The van der Waals surface area contributed by atoms with Crippen molar-refractivity contribution in [3.8, 4) is 5.75 Å². The molecule has 0 amide bonds. The van der Waals surface area contributed by atoms with E-state index in [1.54, 1.807) is 54.1 Å². The lowest BCUT2D eigenvalue weighted by atomic mass is 10.1. The normalized spacial score (nSPS) is 19.2. The third kappa shape index (κ3) is 4.26. The molecule has 1 fully saturated rings. The first kappa shape index (κ1) is 17.6. The van der Waals surface area contributed by atoms with Crippen LogP contribution in [0.15, 0.2) is 47.6 Å². The molecule has 1 atom stereocenters. The van der Waals surface area contributed by atoms with Crippen LogP contribution < -0.4 is 10.1 Å². The molecule has 1 aromatic carbocycles. The van der Waals surface area contributed by atoms with Gasteiger partial charge >= 0.3 is 0 Å². The second-order valence-corrected chi connectivity index (χ2v) is 7.89. The maximum atomic E-state index is 13.0. The van der Waals surface area contributed by atoms with Crippen molar-refractivity contribution in [3.63, 3.8) is 0 Å². The number of hydrogen-bond acceptors (Lipinski definition) is 6. The topological polar surface area (TPSA) is 84.4 Å². The first-order valence-electron chi connectivity index (χ1n) is 8.27. The van der Waals surface area contributed by atoms with E-state index in [4.69, 9.17) is 4.74 Å². The molecule has 8 heteroatoms. The lowest BCUT2D eigenvalue weighted by Gasteiger charge is -2.24. The quantitative estimate of drug-likeness (QED) is 0.877. The summed E-state index contributed by atoms with van der Waals surface area (Å²) >= 11 is 0. The van der Waals surface area contributed by atoms with E-state index in [2.05, 4.69) is 15.3 Å². The predicted molar refractivity (Wildman–Crippen MR) is 95.0 cm³/mol. The maximum absolute atomic E-state index is 13.0. The third-order valence-corrected chi connectivity index (χ3v) is 6.11. The van der Waals surface area contributed by atoms with E-state index < -0.39 is 10.0 Å². The fraction of sp³-hybridized carbons (Fsp3) is 0.412. The molecule has 2 aromatic rings. The zero-order valence-electron chi connectivity index (χ0n) is 14.1. The molecule has 2 heterocycles. The number of aromatic nitrogens is 2. The van der Waals surface area contributed by atoms with Crippen molar-refractivity contribution < 1.29 is 13.2 Å². The molecule has 0 radical (unpaired) electrons. The van der Waals surface area contributed by atoms with E-state index >= 15 is 0 Å². The highest BCUT2D eigenvalue weighted by Crippen LogP contribution is 2.23. The molecule has 1 aliphatic heterocycles. The van der Waals surface area contributed by atoms with Gasteiger partial charge in [0.05, 0.1) is 12.0 Å². The summed E-state index contributed by atoms with van der Waals surface area (Å²) in [6, 6.07) is 8.23. The van der Waals surface area contributed by atoms with Crippen LogP contribution in [0.25, 0.3) is 0 Å². The number of hydrogen-bond donors (Lipinski definition) is 1. The van der Waals surface area contributed by atoms with E-state index in [-0.39, 0.29) is 10.9 Å². The van der Waals surface area contributed by atoms with Crippen molar-refractivity contribution in [2.24, 2.45) is 0 Å². The van der Waals surface area contributed by atoms with Crippen molar-refractivity contribution in [2.45, 2.75) is 30.2 Å². The molecule has 1 aromatic heterocycles. The van der Waals surface area contributed by atoms with Crippen LogP contribution in [-0.4, -0.2) is 48.9 Å². The van der Waals surface area contributed by atoms with Gasteiger partial charge in [0.25, 0.3) is 0 Å². The van der Waals surface area contributed by atoms with E-state index in [1.807, 2.05) is 0 Å². The molecule has 25 heavy (non-hydrogen) atoms. The highest BCUT2D eigenvalue weighted by atomic mass is 32.2. The summed E-state index contributed by atoms with van der Waals surface area (Å²) in [4.78, 5) is 8.61. The highest BCUT2D eigenvalue weighted by Gasteiger charge is 2.29. The number of ether oxygens (including phenoxy) is 1. The van der Waals surface area contributed by atoms with Gasteiger partial charge in [-0.1, -0.05) is 6.42 Å². The molecule has 1 aliphatic rings. The molecule has 0 unspecified atom stereocenters. The molecule has 0 saturated carbocycles. The Balaban J connectivity index is 1.77. The van der Waals surface area contributed by atoms with E-state index in [9.17, 15) is 8.42 Å². The molecule has 7 nitrogen and oxygen atoms in total. The van der Waals surface area contributed by atoms with Crippen molar-refractivity contribution in [1.29, 1.82) is 0 Å². The van der Waals surface area contributed by atoms with Crippen molar-refractivity contribution >= 4 is 16.0 Å². The fourth-order valence-electron chi connectivity index (χ4n) is 2.90. The summed E-state index contributed by atoms with van der Waals surface area (Å²) in [6.45, 7) is 0.912. The van der Waals surface area contributed by atoms with Crippen molar-refractivity contribution in [1.82, 2.24) is 14.3 Å². The summed E-state index contributed by atoms with van der Waals surface area (Å²) in [7, 11) is -1.98. The van der Waals surface area contributed by atoms with Gasteiger partial charge in [-0.3, -0.25) is 0 Å². The number of methoxy groups -OCH3 is 1. The Hall–Kier alpha value is -2.19. The van der Waals surface area contributed by atoms with E-state index in [0.29, 0.717) is 24.8 Å². The summed E-state index contributed by atoms with van der Waals surface area (Å²) in [6.07, 6.45) is 6.00. The summed E-state index contributed by atoms with van der Waals surface area (Å²) < 4.78 is 32.6. The van der Waals surface area contributed by atoms with E-state index in [1.165, 1.54) is 0 Å². The zero-order chi connectivity index (χ0) is 17.7. The average molecular weight is 362 g/mol. The van der Waals surface area contributed by atoms with Crippen molar-refractivity contribution in [2.75, 3.05) is 25.5 Å². The van der Waals surface area contributed by atoms with Crippen LogP contribution in [-0.2, 0) is 10.0 Å². The van der Waals surface area contributed by atoms with Crippen LogP contribution in [0, 0.1) is 0 Å². The lowest BCUT2D eigenvalue weighted by molar-refractivity contribution is 0.409. The number of sulfonamides is 1. The Labute approximate surface area is 148 Å². The van der Waals surface area contributed by atoms with Gasteiger partial charge in [0.15, 0.2) is 0 Å². The molecular weight excluding hydrogens is 340 g/mol. The van der Waals surface area contributed by atoms with Crippen LogP contribution >= 0.6 is 0 Å². The third-order valence-electron chi connectivity index (χ3n) is 4.23. The molecule has 3 rings (SSSR count). The van der Waals surface area contributed by atoms with Gasteiger partial charge in [-0.2, -0.15) is 4.31 Å². The number of nitrogens with zero attached hydrogens (tertiary/aromatic N) is 3. The zero-order valence-corrected chi connectivity index (χ0v) is 14.9. The summed E-state index contributed by atoms with van der Waals surface area (Å²) in [5.41, 5.74) is 0. The molecule has 0 bridgehead atoms. The Morgan fingerprint density at radius 3 is 2.56 bits per heavy atom. The second-order valence-electron chi connectivity index (χ2n) is 5.95. The van der Waals surface area contributed by atoms with Crippen LogP contribution in [0.2, 0.25) is 0 Å². The number of nitrogens with one attached hydrogen (secondary N) is 1. The van der Waals surface area contributed by atoms with E-state index in [0.717, 1.165) is 19.3 Å². The minimum atomic E-state index is -3.54. The summed E-state index contributed by atoms with van der Waals surface area (Å²) in [5.74, 6) is 1.16. The standard InChI is InChI=1S/C17H22N4O3S/c1-24-15-6-8-16(9-7-15)25(22,23)21-12-3-2-5-14(13-21)20-17-18-10-4-11-19-17/h4,6-11,14H,2-3,5,12-13H2,1H3,(H,18,19,20)/t14-/m1/s1. The van der Waals surface area contributed by atoms with Crippen LogP contribution in [0.5, 0.6) is 5.75 Å². The molecule has 0 aliphatic carbocycles. The van der Waals surface area contributed by atoms with Gasteiger partial charge in [-0.15, -0.1) is 0 Å². The maximum Gasteiger partial charge on any atom is 0.243 e. The lowest BCUT2D eigenvalue weighted by Crippen LogP contribution is -2.39. The summed E-state index contributed by atoms with van der Waals surface area (Å²) in [5, 5.41) is 3.24.